The molecule has 0 bridgehead atoms. The number of allylic oxidation sites excluding steroid dienone is 2. The van der Waals surface area contributed by atoms with Gasteiger partial charge in [-0.3, -0.25) is 14.4 Å². The second-order valence-electron chi connectivity index (χ2n) is 7.97. The number of ether oxygens (including phenoxy) is 2. The van der Waals surface area contributed by atoms with E-state index in [9.17, 15) is 14.4 Å². The third-order valence-corrected chi connectivity index (χ3v) is 4.11. The van der Waals surface area contributed by atoms with Gasteiger partial charge >= 0.3 is 11.9 Å². The fraction of sp³-hybridized carbons (Fsp3) is 0.458. The summed E-state index contributed by atoms with van der Waals surface area (Å²) in [6, 6.07) is 9.20. The number of esters is 2. The molecule has 0 aromatic heterocycles. The molecule has 0 saturated carbocycles. The maximum Gasteiger partial charge on any atom is 0.307 e. The number of amides is 1. The SMILES string of the molecule is C=CCCC(=O)O[C@@H](CNC(=O)[C@@H](CC=C)CC(=O)OC(C)(C)C)c1ccccc1. The first-order valence-electron chi connectivity index (χ1n) is 10.1. The first-order chi connectivity index (χ1) is 14.2. The van der Waals surface area contributed by atoms with Crippen molar-refractivity contribution in [1.29, 1.82) is 0 Å². The van der Waals surface area contributed by atoms with Gasteiger partial charge in [-0.25, -0.2) is 0 Å². The van der Waals surface area contributed by atoms with Gasteiger partial charge in [0.15, 0.2) is 0 Å². The van der Waals surface area contributed by atoms with Crippen molar-refractivity contribution in [3.8, 4) is 0 Å². The predicted octanol–water partition coefficient (Wildman–Crippen LogP) is 4.28. The molecular formula is C24H33NO5. The molecule has 0 unspecified atom stereocenters. The quantitative estimate of drug-likeness (QED) is 0.407. The van der Waals surface area contributed by atoms with E-state index in [1.807, 2.05) is 30.3 Å². The molecule has 0 aliphatic rings. The third-order valence-electron chi connectivity index (χ3n) is 4.11. The van der Waals surface area contributed by atoms with Crippen LogP contribution in [0.25, 0.3) is 0 Å². The van der Waals surface area contributed by atoms with Gasteiger partial charge in [0.25, 0.3) is 0 Å². The minimum Gasteiger partial charge on any atom is -0.460 e. The fourth-order valence-corrected chi connectivity index (χ4v) is 2.74. The standard InChI is InChI=1S/C24H33NO5/c1-6-8-15-21(26)29-20(18-13-10-9-11-14-18)17-25-23(28)19(12-7-2)16-22(27)30-24(3,4)5/h6-7,9-11,13-14,19-20H,1-2,8,12,15-17H2,3-5H3,(H,25,28)/t19-,20-/m0/s1. The van der Waals surface area contributed by atoms with E-state index in [4.69, 9.17) is 9.47 Å². The zero-order valence-corrected chi connectivity index (χ0v) is 18.2. The van der Waals surface area contributed by atoms with E-state index in [0.717, 1.165) is 5.56 Å². The average molecular weight is 416 g/mol. The van der Waals surface area contributed by atoms with Crippen molar-refractivity contribution in [2.45, 2.75) is 58.2 Å². The van der Waals surface area contributed by atoms with E-state index in [1.54, 1.807) is 32.9 Å². The van der Waals surface area contributed by atoms with E-state index in [2.05, 4.69) is 18.5 Å². The van der Waals surface area contributed by atoms with Crippen LogP contribution in [0, 0.1) is 5.92 Å². The number of carbonyl (C=O) groups is 3. The smallest absolute Gasteiger partial charge is 0.307 e. The molecule has 1 aromatic rings. The Balaban J connectivity index is 2.79. The summed E-state index contributed by atoms with van der Waals surface area (Å²) in [5.74, 6) is -1.73. The van der Waals surface area contributed by atoms with Gasteiger partial charge in [0.2, 0.25) is 5.91 Å². The first kappa shape index (κ1) is 25.1. The summed E-state index contributed by atoms with van der Waals surface area (Å²) in [6.45, 7) is 12.7. The van der Waals surface area contributed by atoms with Crippen molar-refractivity contribution in [3.05, 3.63) is 61.2 Å². The van der Waals surface area contributed by atoms with Crippen LogP contribution in [0.15, 0.2) is 55.6 Å². The lowest BCUT2D eigenvalue weighted by atomic mass is 10.00. The normalized spacial score (nSPS) is 12.9. The van der Waals surface area contributed by atoms with Gasteiger partial charge in [0.1, 0.15) is 11.7 Å². The van der Waals surface area contributed by atoms with Crippen LogP contribution in [0.2, 0.25) is 0 Å². The molecule has 2 atom stereocenters. The molecule has 0 heterocycles. The van der Waals surface area contributed by atoms with E-state index in [1.165, 1.54) is 0 Å². The number of hydrogen-bond acceptors (Lipinski definition) is 5. The van der Waals surface area contributed by atoms with Gasteiger partial charge in [-0.2, -0.15) is 0 Å². The number of nitrogens with one attached hydrogen (secondary N) is 1. The summed E-state index contributed by atoms with van der Waals surface area (Å²) in [5.41, 5.74) is 0.154. The first-order valence-corrected chi connectivity index (χ1v) is 10.1. The molecule has 0 spiro atoms. The van der Waals surface area contributed by atoms with E-state index < -0.39 is 23.6 Å². The molecule has 0 aliphatic heterocycles. The highest BCUT2D eigenvalue weighted by molar-refractivity contribution is 5.84. The lowest BCUT2D eigenvalue weighted by molar-refractivity contribution is -0.157. The van der Waals surface area contributed by atoms with E-state index >= 15 is 0 Å². The van der Waals surface area contributed by atoms with Crippen LogP contribution in [0.1, 0.15) is 58.1 Å². The van der Waals surface area contributed by atoms with E-state index in [-0.39, 0.29) is 31.3 Å². The van der Waals surface area contributed by atoms with Crippen LogP contribution in [0.3, 0.4) is 0 Å². The second kappa shape index (κ2) is 12.6. The van der Waals surface area contributed by atoms with Gasteiger partial charge in [0.05, 0.1) is 18.9 Å². The van der Waals surface area contributed by atoms with Crippen molar-refractivity contribution in [1.82, 2.24) is 5.32 Å². The van der Waals surface area contributed by atoms with E-state index in [0.29, 0.717) is 12.8 Å². The maximum atomic E-state index is 12.7. The van der Waals surface area contributed by atoms with Crippen LogP contribution in [-0.4, -0.2) is 30.0 Å². The van der Waals surface area contributed by atoms with Crippen molar-refractivity contribution < 1.29 is 23.9 Å². The van der Waals surface area contributed by atoms with Crippen molar-refractivity contribution in [2.24, 2.45) is 5.92 Å². The van der Waals surface area contributed by atoms with Crippen LogP contribution in [0.4, 0.5) is 0 Å². The molecule has 6 nitrogen and oxygen atoms in total. The Labute approximate surface area is 179 Å². The lowest BCUT2D eigenvalue weighted by Gasteiger charge is -2.23. The Morgan fingerprint density at radius 2 is 1.73 bits per heavy atom. The van der Waals surface area contributed by atoms with Gasteiger partial charge < -0.3 is 14.8 Å². The molecule has 0 aliphatic carbocycles. The Morgan fingerprint density at radius 3 is 2.30 bits per heavy atom. The molecule has 6 heteroatoms. The number of hydrogen-bond donors (Lipinski definition) is 1. The summed E-state index contributed by atoms with van der Waals surface area (Å²) in [6.07, 6.45) is 3.64. The molecule has 0 saturated heterocycles. The topological polar surface area (TPSA) is 81.7 Å². The third kappa shape index (κ3) is 10.0. The number of carbonyl (C=O) groups excluding carboxylic acids is 3. The Bertz CT molecular complexity index is 721. The Kier molecular flexibility index (Phi) is 10.6. The summed E-state index contributed by atoms with van der Waals surface area (Å²) in [5, 5.41) is 2.80. The van der Waals surface area contributed by atoms with Gasteiger partial charge in [-0.1, -0.05) is 42.5 Å². The summed E-state index contributed by atoms with van der Waals surface area (Å²) < 4.78 is 10.9. The number of rotatable bonds is 12. The zero-order valence-electron chi connectivity index (χ0n) is 18.2. The van der Waals surface area contributed by atoms with Crippen LogP contribution in [-0.2, 0) is 23.9 Å². The summed E-state index contributed by atoms with van der Waals surface area (Å²) in [4.78, 5) is 36.9. The highest BCUT2D eigenvalue weighted by Crippen LogP contribution is 2.19. The summed E-state index contributed by atoms with van der Waals surface area (Å²) in [7, 11) is 0. The van der Waals surface area contributed by atoms with Crippen molar-refractivity contribution in [3.63, 3.8) is 0 Å². The predicted molar refractivity (Wildman–Crippen MR) is 116 cm³/mol. The largest absolute Gasteiger partial charge is 0.460 e. The molecule has 1 amide bonds. The molecule has 0 fully saturated rings. The molecule has 30 heavy (non-hydrogen) atoms. The number of benzene rings is 1. The van der Waals surface area contributed by atoms with Crippen LogP contribution >= 0.6 is 0 Å². The van der Waals surface area contributed by atoms with Crippen LogP contribution in [0.5, 0.6) is 0 Å². The lowest BCUT2D eigenvalue weighted by Crippen LogP contribution is -2.36. The minimum atomic E-state index is -0.627. The highest BCUT2D eigenvalue weighted by Gasteiger charge is 2.26. The maximum absolute atomic E-state index is 12.7. The monoisotopic (exact) mass is 415 g/mol. The zero-order chi connectivity index (χ0) is 22.6. The minimum absolute atomic E-state index is 0.0513. The van der Waals surface area contributed by atoms with Crippen molar-refractivity contribution >= 4 is 17.8 Å². The van der Waals surface area contributed by atoms with Gasteiger partial charge in [-0.15, -0.1) is 13.2 Å². The Hall–Kier alpha value is -2.89. The highest BCUT2D eigenvalue weighted by atomic mass is 16.6. The molecule has 1 rings (SSSR count). The molecule has 0 radical (unpaired) electrons. The van der Waals surface area contributed by atoms with Crippen LogP contribution < -0.4 is 5.32 Å². The fourth-order valence-electron chi connectivity index (χ4n) is 2.74. The summed E-state index contributed by atoms with van der Waals surface area (Å²) >= 11 is 0. The second-order valence-corrected chi connectivity index (χ2v) is 7.97. The van der Waals surface area contributed by atoms with Gasteiger partial charge in [0, 0.05) is 6.42 Å². The van der Waals surface area contributed by atoms with Crippen molar-refractivity contribution in [2.75, 3.05) is 6.54 Å². The molecule has 164 valence electrons. The van der Waals surface area contributed by atoms with Gasteiger partial charge in [-0.05, 0) is 39.2 Å². The molecule has 1 aromatic carbocycles. The molecular weight excluding hydrogens is 382 g/mol. The average Bonchev–Trinajstić information content (AvgIpc) is 2.68. The Morgan fingerprint density at radius 1 is 1.07 bits per heavy atom. The molecule has 1 N–H and O–H groups in total.